The minimum atomic E-state index is -0.297. The largest absolute Gasteiger partial charge is 0.399 e. The first-order valence-corrected chi connectivity index (χ1v) is 5.32. The first-order chi connectivity index (χ1) is 7.24. The molecule has 1 fully saturated rings. The molecule has 2 rings (SSSR count). The Hall–Kier alpha value is -1.29. The summed E-state index contributed by atoms with van der Waals surface area (Å²) in [6.45, 7) is 2.02. The number of piperidine rings is 1. The van der Waals surface area contributed by atoms with Gasteiger partial charge in [-0.05, 0) is 31.0 Å². The second-order valence-corrected chi connectivity index (χ2v) is 3.93. The third-order valence-electron chi connectivity index (χ3n) is 2.56. The van der Waals surface area contributed by atoms with Crippen LogP contribution in [0.4, 0.5) is 15.8 Å². The molecule has 0 atom stereocenters. The summed E-state index contributed by atoms with van der Waals surface area (Å²) in [5.74, 6) is -0.297. The minimum absolute atomic E-state index is 0.297. The highest BCUT2D eigenvalue weighted by Gasteiger charge is 2.10. The summed E-state index contributed by atoms with van der Waals surface area (Å²) in [5, 5.41) is 2.11. The van der Waals surface area contributed by atoms with Crippen molar-refractivity contribution in [3.63, 3.8) is 0 Å². The minimum Gasteiger partial charge on any atom is -0.399 e. The molecule has 1 aromatic carbocycles. The van der Waals surface area contributed by atoms with Crippen LogP contribution >= 0.6 is 0 Å². The Balaban J connectivity index is 2.02. The zero-order valence-electron chi connectivity index (χ0n) is 8.67. The van der Waals surface area contributed by atoms with Gasteiger partial charge in [0.1, 0.15) is 5.82 Å². The quantitative estimate of drug-likeness (QED) is 0.734. The van der Waals surface area contributed by atoms with E-state index in [4.69, 9.17) is 5.73 Å². The molecule has 0 bridgehead atoms. The number of hydrogen-bond donors (Lipinski definition) is 2. The third kappa shape index (κ3) is 2.83. The molecule has 15 heavy (non-hydrogen) atoms. The van der Waals surface area contributed by atoms with Gasteiger partial charge in [0.15, 0.2) is 0 Å². The highest BCUT2D eigenvalue weighted by Crippen LogP contribution is 2.17. The number of benzene rings is 1. The second-order valence-electron chi connectivity index (χ2n) is 3.93. The highest BCUT2D eigenvalue weighted by molar-refractivity contribution is 5.54. The molecule has 0 saturated carbocycles. The van der Waals surface area contributed by atoms with Crippen LogP contribution in [0.2, 0.25) is 0 Å². The van der Waals surface area contributed by atoms with Crippen LogP contribution in [-0.2, 0) is 0 Å². The van der Waals surface area contributed by atoms with Gasteiger partial charge >= 0.3 is 0 Å². The highest BCUT2D eigenvalue weighted by atomic mass is 19.1. The van der Waals surface area contributed by atoms with Crippen molar-refractivity contribution in [2.24, 2.45) is 0 Å². The van der Waals surface area contributed by atoms with Crippen LogP contribution in [0.3, 0.4) is 0 Å². The lowest BCUT2D eigenvalue weighted by Gasteiger charge is -2.27. The smallest absolute Gasteiger partial charge is 0.127 e. The number of rotatable bonds is 2. The molecular formula is C11H16FN3. The van der Waals surface area contributed by atoms with E-state index >= 15 is 0 Å². The van der Waals surface area contributed by atoms with Gasteiger partial charge in [-0.1, -0.05) is 6.42 Å². The van der Waals surface area contributed by atoms with E-state index in [0.717, 1.165) is 18.8 Å². The lowest BCUT2D eigenvalue weighted by Crippen LogP contribution is -2.34. The molecule has 1 aliphatic heterocycles. The SMILES string of the molecule is Nc1cc(F)cc(NN2CCCCC2)c1. The fourth-order valence-electron chi connectivity index (χ4n) is 1.87. The van der Waals surface area contributed by atoms with Crippen molar-refractivity contribution in [3.05, 3.63) is 24.0 Å². The number of anilines is 2. The lowest BCUT2D eigenvalue weighted by atomic mass is 10.2. The molecule has 3 N–H and O–H groups in total. The topological polar surface area (TPSA) is 41.3 Å². The number of hydrazine groups is 1. The predicted molar refractivity (Wildman–Crippen MR) is 59.9 cm³/mol. The number of hydrogen-bond acceptors (Lipinski definition) is 3. The second kappa shape index (κ2) is 4.49. The van der Waals surface area contributed by atoms with Gasteiger partial charge in [-0.3, -0.25) is 0 Å². The maximum Gasteiger partial charge on any atom is 0.127 e. The molecule has 1 aliphatic rings. The average Bonchev–Trinajstić information content (AvgIpc) is 2.17. The Labute approximate surface area is 89.0 Å². The molecule has 3 nitrogen and oxygen atoms in total. The van der Waals surface area contributed by atoms with E-state index in [1.165, 1.54) is 31.4 Å². The van der Waals surface area contributed by atoms with E-state index in [0.29, 0.717) is 5.69 Å². The van der Waals surface area contributed by atoms with E-state index < -0.39 is 0 Å². The Kier molecular flexibility index (Phi) is 3.06. The van der Waals surface area contributed by atoms with E-state index in [1.807, 2.05) is 0 Å². The summed E-state index contributed by atoms with van der Waals surface area (Å²) in [6, 6.07) is 4.53. The number of halogens is 1. The van der Waals surface area contributed by atoms with Gasteiger partial charge in [0.05, 0.1) is 5.69 Å². The van der Waals surface area contributed by atoms with E-state index in [1.54, 1.807) is 6.07 Å². The third-order valence-corrected chi connectivity index (χ3v) is 2.56. The maximum absolute atomic E-state index is 13.0. The van der Waals surface area contributed by atoms with Crippen LogP contribution in [0.15, 0.2) is 18.2 Å². The van der Waals surface area contributed by atoms with Crippen LogP contribution in [0.25, 0.3) is 0 Å². The monoisotopic (exact) mass is 209 g/mol. The Morgan fingerprint density at radius 1 is 1.13 bits per heavy atom. The molecule has 82 valence electrons. The fraction of sp³-hybridized carbons (Fsp3) is 0.455. The summed E-state index contributed by atoms with van der Waals surface area (Å²) in [4.78, 5) is 0. The van der Waals surface area contributed by atoms with Crippen molar-refractivity contribution in [2.75, 3.05) is 24.2 Å². The molecule has 0 unspecified atom stereocenters. The van der Waals surface area contributed by atoms with Crippen molar-refractivity contribution in [1.29, 1.82) is 0 Å². The number of nitrogens with one attached hydrogen (secondary N) is 1. The Morgan fingerprint density at radius 3 is 2.53 bits per heavy atom. The van der Waals surface area contributed by atoms with Gasteiger partial charge in [-0.15, -0.1) is 0 Å². The summed E-state index contributed by atoms with van der Waals surface area (Å²) in [7, 11) is 0. The van der Waals surface area contributed by atoms with Crippen molar-refractivity contribution in [1.82, 2.24) is 5.01 Å². The van der Waals surface area contributed by atoms with Crippen LogP contribution < -0.4 is 11.2 Å². The lowest BCUT2D eigenvalue weighted by molar-refractivity contribution is 0.273. The van der Waals surface area contributed by atoms with Gasteiger partial charge in [-0.25, -0.2) is 9.40 Å². The molecule has 0 aliphatic carbocycles. The van der Waals surface area contributed by atoms with Gasteiger partial charge in [0.25, 0.3) is 0 Å². The van der Waals surface area contributed by atoms with Crippen molar-refractivity contribution < 1.29 is 4.39 Å². The predicted octanol–water partition coefficient (Wildman–Crippen LogP) is 2.22. The number of nitrogens with two attached hydrogens (primary N) is 1. The first kappa shape index (κ1) is 10.2. The number of nitrogens with zero attached hydrogens (tertiary/aromatic N) is 1. The molecule has 4 heteroatoms. The molecule has 0 amide bonds. The molecular weight excluding hydrogens is 193 g/mol. The van der Waals surface area contributed by atoms with Gasteiger partial charge in [0.2, 0.25) is 0 Å². The van der Waals surface area contributed by atoms with E-state index in [-0.39, 0.29) is 5.82 Å². The van der Waals surface area contributed by atoms with Crippen LogP contribution in [-0.4, -0.2) is 18.1 Å². The van der Waals surface area contributed by atoms with E-state index in [9.17, 15) is 4.39 Å². The van der Waals surface area contributed by atoms with Gasteiger partial charge < -0.3 is 11.2 Å². The molecule has 1 saturated heterocycles. The Bertz CT molecular complexity index is 314. The normalized spacial score (nSPS) is 17.7. The fourth-order valence-corrected chi connectivity index (χ4v) is 1.87. The first-order valence-electron chi connectivity index (χ1n) is 5.32. The van der Waals surface area contributed by atoms with Crippen molar-refractivity contribution in [2.45, 2.75) is 19.3 Å². The summed E-state index contributed by atoms with van der Waals surface area (Å²) in [5.41, 5.74) is 9.93. The zero-order valence-corrected chi connectivity index (χ0v) is 8.67. The van der Waals surface area contributed by atoms with Crippen molar-refractivity contribution in [3.8, 4) is 0 Å². The molecule has 1 heterocycles. The number of nitrogen functional groups attached to an aromatic ring is 1. The van der Waals surface area contributed by atoms with E-state index in [2.05, 4.69) is 10.4 Å². The van der Waals surface area contributed by atoms with Crippen LogP contribution in [0, 0.1) is 5.82 Å². The van der Waals surface area contributed by atoms with Crippen LogP contribution in [0.1, 0.15) is 19.3 Å². The van der Waals surface area contributed by atoms with Crippen LogP contribution in [0.5, 0.6) is 0 Å². The van der Waals surface area contributed by atoms with Gasteiger partial charge in [-0.2, -0.15) is 0 Å². The molecule has 0 radical (unpaired) electrons. The molecule has 0 aromatic heterocycles. The summed E-state index contributed by atoms with van der Waals surface area (Å²) in [6.07, 6.45) is 3.67. The molecule has 1 aromatic rings. The maximum atomic E-state index is 13.0. The summed E-state index contributed by atoms with van der Waals surface area (Å²) < 4.78 is 13.0. The molecule has 0 spiro atoms. The average molecular weight is 209 g/mol. The summed E-state index contributed by atoms with van der Waals surface area (Å²) >= 11 is 0. The van der Waals surface area contributed by atoms with Gasteiger partial charge in [0, 0.05) is 18.8 Å². The Morgan fingerprint density at radius 2 is 1.87 bits per heavy atom. The zero-order chi connectivity index (χ0) is 10.7. The van der Waals surface area contributed by atoms with Crippen molar-refractivity contribution >= 4 is 11.4 Å². The standard InChI is InChI=1S/C11H16FN3/c12-9-6-10(13)8-11(7-9)14-15-4-2-1-3-5-15/h6-8,14H,1-5,13H2.